The van der Waals surface area contributed by atoms with Crippen LogP contribution in [0.5, 0.6) is 5.75 Å². The zero-order valence-electron chi connectivity index (χ0n) is 20.3. The van der Waals surface area contributed by atoms with Gasteiger partial charge in [0.2, 0.25) is 0 Å². The Hall–Kier alpha value is -2.36. The number of morpholine rings is 1. The molecule has 0 bridgehead atoms. The minimum atomic E-state index is -0.214. The van der Waals surface area contributed by atoms with Gasteiger partial charge in [-0.2, -0.15) is 0 Å². The van der Waals surface area contributed by atoms with Crippen LogP contribution in [0.3, 0.4) is 0 Å². The molecule has 36 heavy (non-hydrogen) atoms. The molecule has 0 unspecified atom stereocenters. The summed E-state index contributed by atoms with van der Waals surface area (Å²) in [7, 11) is 0. The second kappa shape index (κ2) is 11.8. The van der Waals surface area contributed by atoms with Crippen LogP contribution in [-0.2, 0) is 4.74 Å². The Bertz CT molecular complexity index is 1350. The van der Waals surface area contributed by atoms with Gasteiger partial charge in [-0.3, -0.25) is 14.6 Å². The summed E-state index contributed by atoms with van der Waals surface area (Å²) in [6.45, 7) is 9.13. The summed E-state index contributed by atoms with van der Waals surface area (Å²) < 4.78 is 18.2. The number of thiazole rings is 1. The van der Waals surface area contributed by atoms with Crippen LogP contribution in [0.1, 0.15) is 29.5 Å². The third-order valence-corrected chi connectivity index (χ3v) is 7.64. The third-order valence-electron chi connectivity index (χ3n) is 6.19. The highest BCUT2D eigenvalue weighted by Crippen LogP contribution is 2.35. The fraction of sp³-hybridized carbons (Fsp3) is 0.385. The van der Waals surface area contributed by atoms with Crippen LogP contribution in [-0.4, -0.2) is 61.8 Å². The highest BCUT2D eigenvalue weighted by atomic mass is 35.5. The number of hydrogen-bond acceptors (Lipinski definition) is 7. The van der Waals surface area contributed by atoms with Crippen molar-refractivity contribution in [3.8, 4) is 5.75 Å². The van der Waals surface area contributed by atoms with Crippen molar-refractivity contribution in [2.24, 2.45) is 0 Å². The molecule has 1 amide bonds. The summed E-state index contributed by atoms with van der Waals surface area (Å²) in [5.41, 5.74) is 2.32. The lowest BCUT2D eigenvalue weighted by Gasteiger charge is -2.27. The monoisotopic (exact) mass is 549 g/mol. The van der Waals surface area contributed by atoms with Gasteiger partial charge in [-0.25, -0.2) is 4.98 Å². The van der Waals surface area contributed by atoms with Crippen molar-refractivity contribution in [3.05, 3.63) is 52.7 Å². The minimum absolute atomic E-state index is 0. The van der Waals surface area contributed by atoms with E-state index in [9.17, 15) is 4.79 Å². The summed E-state index contributed by atoms with van der Waals surface area (Å²) in [5, 5.41) is 2.14. The molecule has 0 spiro atoms. The van der Waals surface area contributed by atoms with Gasteiger partial charge in [-0.15, -0.1) is 12.4 Å². The standard InChI is InChI=1S/C26H28ClN3O4S.ClH/c1-3-33-20-7-4-6-18-16-21(34-24(18)20)25(31)30(11-5-10-29-12-14-32-15-13-29)26-28-23-17(2)19(27)8-9-22(23)35-26;/h4,6-9,16H,3,5,10-15H2,1-2H3;1H. The second-order valence-corrected chi connectivity index (χ2v) is 9.91. The number of aromatic nitrogens is 1. The van der Waals surface area contributed by atoms with Crippen LogP contribution in [0, 0.1) is 6.92 Å². The molecule has 3 heterocycles. The molecule has 0 aliphatic carbocycles. The zero-order valence-corrected chi connectivity index (χ0v) is 22.7. The molecule has 1 saturated heterocycles. The molecule has 0 atom stereocenters. The van der Waals surface area contributed by atoms with Gasteiger partial charge >= 0.3 is 0 Å². The number of ether oxygens (including phenoxy) is 2. The molecule has 0 radical (unpaired) electrons. The van der Waals surface area contributed by atoms with Gasteiger partial charge in [0.25, 0.3) is 5.91 Å². The molecule has 192 valence electrons. The maximum absolute atomic E-state index is 13.8. The first-order chi connectivity index (χ1) is 17.0. The number of benzene rings is 2. The highest BCUT2D eigenvalue weighted by Gasteiger charge is 2.26. The molecular weight excluding hydrogens is 521 g/mol. The van der Waals surface area contributed by atoms with Crippen LogP contribution in [0.2, 0.25) is 5.02 Å². The van der Waals surface area contributed by atoms with E-state index in [1.807, 2.05) is 44.2 Å². The number of hydrogen-bond donors (Lipinski definition) is 0. The number of anilines is 1. The first-order valence-corrected chi connectivity index (χ1v) is 13.1. The highest BCUT2D eigenvalue weighted by molar-refractivity contribution is 7.22. The lowest BCUT2D eigenvalue weighted by molar-refractivity contribution is 0.0376. The summed E-state index contributed by atoms with van der Waals surface area (Å²) in [5.74, 6) is 0.689. The van der Waals surface area contributed by atoms with E-state index in [0.717, 1.165) is 60.4 Å². The number of halogens is 2. The van der Waals surface area contributed by atoms with Crippen molar-refractivity contribution in [1.29, 1.82) is 0 Å². The van der Waals surface area contributed by atoms with Gasteiger partial charge in [-0.05, 0) is 50.1 Å². The molecule has 0 saturated carbocycles. The lowest BCUT2D eigenvalue weighted by atomic mass is 10.2. The van der Waals surface area contributed by atoms with E-state index in [2.05, 4.69) is 4.90 Å². The van der Waals surface area contributed by atoms with Crippen molar-refractivity contribution in [3.63, 3.8) is 0 Å². The average Bonchev–Trinajstić information content (AvgIpc) is 3.50. The molecule has 1 aliphatic heterocycles. The molecule has 0 N–H and O–H groups in total. The minimum Gasteiger partial charge on any atom is -0.490 e. The fourth-order valence-electron chi connectivity index (χ4n) is 4.31. The molecule has 10 heteroatoms. The van der Waals surface area contributed by atoms with E-state index in [4.69, 9.17) is 30.5 Å². The van der Waals surface area contributed by atoms with E-state index >= 15 is 0 Å². The predicted octanol–water partition coefficient (Wildman–Crippen LogP) is 6.19. The molecule has 2 aromatic heterocycles. The number of furan rings is 1. The SMILES string of the molecule is CCOc1cccc2cc(C(=O)N(CCCN3CCOCC3)c3nc4c(C)c(Cl)ccc4s3)oc12.Cl. The topological polar surface area (TPSA) is 68.0 Å². The number of fused-ring (bicyclic) bond motifs is 2. The number of rotatable bonds is 8. The molecule has 1 aliphatic rings. The summed E-state index contributed by atoms with van der Waals surface area (Å²) >= 11 is 7.82. The van der Waals surface area contributed by atoms with Crippen LogP contribution < -0.4 is 9.64 Å². The summed E-state index contributed by atoms with van der Waals surface area (Å²) in [6.07, 6.45) is 0.811. The summed E-state index contributed by atoms with van der Waals surface area (Å²) in [6, 6.07) is 11.3. The number of aryl methyl sites for hydroxylation is 1. The number of carbonyl (C=O) groups is 1. The Balaban J connectivity index is 0.00000304. The van der Waals surface area contributed by atoms with Crippen molar-refractivity contribution in [1.82, 2.24) is 9.88 Å². The fourth-order valence-corrected chi connectivity index (χ4v) is 5.51. The van der Waals surface area contributed by atoms with Crippen molar-refractivity contribution >= 4 is 67.6 Å². The number of nitrogens with zero attached hydrogens (tertiary/aromatic N) is 3. The van der Waals surface area contributed by atoms with E-state index in [-0.39, 0.29) is 24.1 Å². The van der Waals surface area contributed by atoms with Gasteiger partial charge in [-0.1, -0.05) is 35.1 Å². The average molecular weight is 551 g/mol. The van der Waals surface area contributed by atoms with Gasteiger partial charge in [0.05, 0.1) is 30.0 Å². The maximum atomic E-state index is 13.8. The zero-order chi connectivity index (χ0) is 24.4. The largest absolute Gasteiger partial charge is 0.490 e. The van der Waals surface area contributed by atoms with E-state index < -0.39 is 0 Å². The van der Waals surface area contributed by atoms with Crippen molar-refractivity contribution in [2.75, 3.05) is 50.9 Å². The first kappa shape index (κ1) is 26.7. The van der Waals surface area contributed by atoms with E-state index in [1.165, 1.54) is 11.3 Å². The van der Waals surface area contributed by atoms with Gasteiger partial charge in [0, 0.05) is 36.6 Å². The van der Waals surface area contributed by atoms with Crippen molar-refractivity contribution < 1.29 is 18.7 Å². The van der Waals surface area contributed by atoms with Gasteiger partial charge < -0.3 is 13.9 Å². The Morgan fingerprint density at radius 2 is 2.06 bits per heavy atom. The van der Waals surface area contributed by atoms with E-state index in [0.29, 0.717) is 34.6 Å². The Kier molecular flexibility index (Phi) is 8.74. The lowest BCUT2D eigenvalue weighted by Crippen LogP contribution is -2.39. The third kappa shape index (κ3) is 5.48. The number of amides is 1. The van der Waals surface area contributed by atoms with Crippen LogP contribution >= 0.6 is 35.3 Å². The molecule has 7 nitrogen and oxygen atoms in total. The van der Waals surface area contributed by atoms with E-state index in [1.54, 1.807) is 11.0 Å². The quantitative estimate of drug-likeness (QED) is 0.261. The number of carbonyl (C=O) groups excluding carboxylic acids is 1. The molecule has 2 aromatic carbocycles. The second-order valence-electron chi connectivity index (χ2n) is 8.50. The summed E-state index contributed by atoms with van der Waals surface area (Å²) in [4.78, 5) is 22.7. The Morgan fingerprint density at radius 3 is 2.83 bits per heavy atom. The Labute approximate surface area is 225 Å². The Morgan fingerprint density at radius 1 is 1.25 bits per heavy atom. The van der Waals surface area contributed by atoms with Gasteiger partial charge in [0.15, 0.2) is 22.2 Å². The first-order valence-electron chi connectivity index (χ1n) is 11.9. The smallest absolute Gasteiger partial charge is 0.295 e. The predicted molar refractivity (Wildman–Crippen MR) is 148 cm³/mol. The molecule has 5 rings (SSSR count). The maximum Gasteiger partial charge on any atom is 0.295 e. The molecule has 1 fully saturated rings. The van der Waals surface area contributed by atoms with Crippen LogP contribution in [0.15, 0.2) is 40.8 Å². The van der Waals surface area contributed by atoms with Crippen molar-refractivity contribution in [2.45, 2.75) is 20.3 Å². The van der Waals surface area contributed by atoms with Gasteiger partial charge in [0.1, 0.15) is 0 Å². The van der Waals surface area contributed by atoms with Crippen LogP contribution in [0.25, 0.3) is 21.2 Å². The molecular formula is C26H29Cl2N3O4S. The van der Waals surface area contributed by atoms with Crippen LogP contribution in [0.4, 0.5) is 5.13 Å². The molecule has 4 aromatic rings. The normalized spacial score (nSPS) is 14.2. The number of para-hydroxylation sites is 1.